The van der Waals surface area contributed by atoms with E-state index in [0.717, 1.165) is 34.7 Å². The van der Waals surface area contributed by atoms with Gasteiger partial charge in [-0.25, -0.2) is 0 Å². The molecule has 1 atom stereocenters. The van der Waals surface area contributed by atoms with Gasteiger partial charge in [-0.05, 0) is 41.9 Å². The van der Waals surface area contributed by atoms with Gasteiger partial charge >= 0.3 is 0 Å². The largest absolute Gasteiger partial charge is 0.493 e. The Bertz CT molecular complexity index is 684. The van der Waals surface area contributed by atoms with E-state index in [2.05, 4.69) is 28.8 Å². The third-order valence-electron chi connectivity index (χ3n) is 4.09. The van der Waals surface area contributed by atoms with Crippen LogP contribution in [-0.4, -0.2) is 22.1 Å². The van der Waals surface area contributed by atoms with E-state index in [9.17, 15) is 4.79 Å². The highest BCUT2D eigenvalue weighted by Crippen LogP contribution is 2.27. The number of hydrogen-bond donors (Lipinski definition) is 1. The number of ether oxygens (including phenoxy) is 1. The molecule has 1 amide bonds. The molecule has 0 spiro atoms. The predicted molar refractivity (Wildman–Crippen MR) is 89.6 cm³/mol. The van der Waals surface area contributed by atoms with E-state index in [1.165, 1.54) is 11.5 Å². The molecule has 0 radical (unpaired) electrons. The topological polar surface area (TPSA) is 64.1 Å². The second-order valence-corrected chi connectivity index (χ2v) is 6.94. The highest BCUT2D eigenvalue weighted by molar-refractivity contribution is 7.05. The van der Waals surface area contributed by atoms with Gasteiger partial charge < -0.3 is 10.1 Å². The molecule has 1 aliphatic rings. The minimum atomic E-state index is -0.0537. The molecule has 1 unspecified atom stereocenters. The Morgan fingerprint density at radius 3 is 3.09 bits per heavy atom. The van der Waals surface area contributed by atoms with E-state index in [1.54, 1.807) is 0 Å². The van der Waals surface area contributed by atoms with Crippen LogP contribution in [0.4, 0.5) is 0 Å². The van der Waals surface area contributed by atoms with E-state index in [4.69, 9.17) is 4.74 Å². The Labute approximate surface area is 140 Å². The number of hydrogen-bond acceptors (Lipinski definition) is 5. The van der Waals surface area contributed by atoms with Gasteiger partial charge in [-0.1, -0.05) is 36.5 Å². The minimum Gasteiger partial charge on any atom is -0.493 e. The van der Waals surface area contributed by atoms with Crippen LogP contribution in [0.5, 0.6) is 5.75 Å². The molecule has 1 aromatic heterocycles. The normalized spacial score (nSPS) is 17.3. The molecule has 23 heavy (non-hydrogen) atoms. The summed E-state index contributed by atoms with van der Waals surface area (Å²) in [6.07, 6.45) is 1.46. The Kier molecular flexibility index (Phi) is 4.91. The molecule has 0 fully saturated rings. The first-order valence-electron chi connectivity index (χ1n) is 7.94. The molecule has 1 aromatic carbocycles. The fourth-order valence-electron chi connectivity index (χ4n) is 2.80. The van der Waals surface area contributed by atoms with Crippen molar-refractivity contribution in [3.63, 3.8) is 0 Å². The van der Waals surface area contributed by atoms with Gasteiger partial charge in [0.05, 0.1) is 23.7 Å². The number of fused-ring (bicyclic) bond motifs is 1. The third kappa shape index (κ3) is 3.69. The van der Waals surface area contributed by atoms with Crippen LogP contribution in [0, 0.1) is 5.92 Å². The zero-order chi connectivity index (χ0) is 16.2. The van der Waals surface area contributed by atoms with Crippen molar-refractivity contribution in [2.45, 2.75) is 39.2 Å². The van der Waals surface area contributed by atoms with Crippen LogP contribution in [0.1, 0.15) is 42.3 Å². The molecule has 2 aromatic rings. The molecular weight excluding hydrogens is 310 g/mol. The van der Waals surface area contributed by atoms with E-state index in [-0.39, 0.29) is 11.8 Å². The second kappa shape index (κ2) is 7.08. The maximum absolute atomic E-state index is 12.5. The fraction of sp³-hybridized carbons (Fsp3) is 0.471. The lowest BCUT2D eigenvalue weighted by atomic mass is 9.96. The Hall–Kier alpha value is -1.95. The predicted octanol–water partition coefficient (Wildman–Crippen LogP) is 2.92. The standard InChI is InChI=1S/C17H21N3O2S/c1-11(2)16-15(23-20-19-16)10-18-17(21)13-7-8-22-14-6-4-3-5-12(14)9-13/h3-6,11,13H,7-10H2,1-2H3,(H,18,21). The van der Waals surface area contributed by atoms with Crippen LogP contribution >= 0.6 is 11.5 Å². The molecule has 2 heterocycles. The van der Waals surface area contributed by atoms with Crippen LogP contribution in [0.3, 0.4) is 0 Å². The zero-order valence-corrected chi connectivity index (χ0v) is 14.2. The van der Waals surface area contributed by atoms with Gasteiger partial charge in [0.25, 0.3) is 0 Å². The molecule has 1 aliphatic heterocycles. The lowest BCUT2D eigenvalue weighted by molar-refractivity contribution is -0.125. The van der Waals surface area contributed by atoms with Gasteiger partial charge in [0, 0.05) is 5.92 Å². The first-order valence-corrected chi connectivity index (χ1v) is 8.72. The average molecular weight is 331 g/mol. The average Bonchev–Trinajstić information content (AvgIpc) is 2.91. The summed E-state index contributed by atoms with van der Waals surface area (Å²) in [5.74, 6) is 1.24. The number of carbonyl (C=O) groups is 1. The number of nitrogens with zero attached hydrogens (tertiary/aromatic N) is 2. The van der Waals surface area contributed by atoms with Crippen LogP contribution in [-0.2, 0) is 17.8 Å². The summed E-state index contributed by atoms with van der Waals surface area (Å²) >= 11 is 1.36. The maximum Gasteiger partial charge on any atom is 0.223 e. The van der Waals surface area contributed by atoms with Crippen molar-refractivity contribution in [2.75, 3.05) is 6.61 Å². The van der Waals surface area contributed by atoms with Crippen LogP contribution in [0.15, 0.2) is 24.3 Å². The molecule has 0 bridgehead atoms. The Morgan fingerprint density at radius 2 is 2.26 bits per heavy atom. The number of para-hydroxylation sites is 1. The van der Waals surface area contributed by atoms with Gasteiger partial charge in [0.2, 0.25) is 5.91 Å². The summed E-state index contributed by atoms with van der Waals surface area (Å²) in [7, 11) is 0. The van der Waals surface area contributed by atoms with Gasteiger partial charge in [0.15, 0.2) is 0 Å². The number of carbonyl (C=O) groups excluding carboxylic acids is 1. The van der Waals surface area contributed by atoms with Gasteiger partial charge in [-0.2, -0.15) is 0 Å². The highest BCUT2D eigenvalue weighted by Gasteiger charge is 2.24. The molecule has 5 nitrogen and oxygen atoms in total. The summed E-state index contributed by atoms with van der Waals surface area (Å²) in [6.45, 7) is 5.25. The molecule has 122 valence electrons. The molecule has 0 aliphatic carbocycles. The molecule has 0 saturated carbocycles. The summed E-state index contributed by atoms with van der Waals surface area (Å²) in [5.41, 5.74) is 2.08. The number of rotatable bonds is 4. The van der Waals surface area contributed by atoms with E-state index in [0.29, 0.717) is 19.1 Å². The lowest BCUT2D eigenvalue weighted by Crippen LogP contribution is -2.31. The quantitative estimate of drug-likeness (QED) is 0.935. The van der Waals surface area contributed by atoms with E-state index < -0.39 is 0 Å². The fourth-order valence-corrected chi connectivity index (χ4v) is 3.54. The van der Waals surface area contributed by atoms with Gasteiger partial charge in [-0.3, -0.25) is 4.79 Å². The van der Waals surface area contributed by atoms with Crippen molar-refractivity contribution in [1.82, 2.24) is 14.9 Å². The number of nitrogens with one attached hydrogen (secondary N) is 1. The molecule has 0 saturated heterocycles. The van der Waals surface area contributed by atoms with Crippen LogP contribution < -0.4 is 10.1 Å². The van der Waals surface area contributed by atoms with Crippen molar-refractivity contribution in [3.05, 3.63) is 40.4 Å². The van der Waals surface area contributed by atoms with Crippen molar-refractivity contribution in [3.8, 4) is 5.75 Å². The van der Waals surface area contributed by atoms with Crippen molar-refractivity contribution in [1.29, 1.82) is 0 Å². The number of aromatic nitrogens is 2. The first kappa shape index (κ1) is 15.9. The first-order chi connectivity index (χ1) is 11.1. The molecule has 1 N–H and O–H groups in total. The maximum atomic E-state index is 12.5. The molecule has 3 rings (SSSR count). The van der Waals surface area contributed by atoms with E-state index in [1.807, 2.05) is 24.3 Å². The smallest absolute Gasteiger partial charge is 0.223 e. The summed E-state index contributed by atoms with van der Waals surface area (Å²) in [4.78, 5) is 13.6. The Balaban J connectivity index is 1.63. The summed E-state index contributed by atoms with van der Waals surface area (Å²) < 4.78 is 9.73. The van der Waals surface area contributed by atoms with Gasteiger partial charge in [-0.15, -0.1) is 5.10 Å². The minimum absolute atomic E-state index is 0.0537. The lowest BCUT2D eigenvalue weighted by Gasteiger charge is -2.14. The zero-order valence-electron chi connectivity index (χ0n) is 13.4. The SMILES string of the molecule is CC(C)c1nnsc1CNC(=O)C1CCOc2ccccc2C1. The Morgan fingerprint density at radius 1 is 1.43 bits per heavy atom. The van der Waals surface area contributed by atoms with Crippen molar-refractivity contribution >= 4 is 17.4 Å². The van der Waals surface area contributed by atoms with Crippen LogP contribution in [0.25, 0.3) is 0 Å². The number of benzene rings is 1. The van der Waals surface area contributed by atoms with E-state index >= 15 is 0 Å². The van der Waals surface area contributed by atoms with Crippen molar-refractivity contribution in [2.24, 2.45) is 5.92 Å². The summed E-state index contributed by atoms with van der Waals surface area (Å²) in [5, 5.41) is 7.19. The second-order valence-electron chi connectivity index (χ2n) is 6.10. The summed E-state index contributed by atoms with van der Waals surface area (Å²) in [6, 6.07) is 7.95. The van der Waals surface area contributed by atoms with Crippen LogP contribution in [0.2, 0.25) is 0 Å². The molecular formula is C17H21N3O2S. The monoisotopic (exact) mass is 331 g/mol. The van der Waals surface area contributed by atoms with Crippen molar-refractivity contribution < 1.29 is 9.53 Å². The van der Waals surface area contributed by atoms with Gasteiger partial charge in [0.1, 0.15) is 5.75 Å². The highest BCUT2D eigenvalue weighted by atomic mass is 32.1. The molecule has 6 heteroatoms. The third-order valence-corrected chi connectivity index (χ3v) is 4.83. The number of amides is 1.